The van der Waals surface area contributed by atoms with Crippen LogP contribution in [0.1, 0.15) is 25.5 Å². The van der Waals surface area contributed by atoms with Gasteiger partial charge in [0.15, 0.2) is 11.5 Å². The average molecular weight is 265 g/mol. The van der Waals surface area contributed by atoms with Gasteiger partial charge in [0.25, 0.3) is 0 Å². The summed E-state index contributed by atoms with van der Waals surface area (Å²) >= 11 is 0. The normalized spacial score (nSPS) is 21.3. The van der Waals surface area contributed by atoms with Crippen molar-refractivity contribution in [2.75, 3.05) is 20.8 Å². The summed E-state index contributed by atoms with van der Waals surface area (Å²) in [5.41, 5.74) is 0.785. The Morgan fingerprint density at radius 1 is 1.26 bits per heavy atom. The van der Waals surface area contributed by atoms with E-state index in [-0.39, 0.29) is 17.6 Å². The number of benzene rings is 1. The Kier molecular flexibility index (Phi) is 3.55. The van der Waals surface area contributed by atoms with Crippen LogP contribution in [0.25, 0.3) is 0 Å². The van der Waals surface area contributed by atoms with Crippen LogP contribution in [0.2, 0.25) is 0 Å². The van der Waals surface area contributed by atoms with Gasteiger partial charge in [-0.3, -0.25) is 0 Å². The van der Waals surface area contributed by atoms with Crippen LogP contribution in [0, 0.1) is 5.41 Å². The van der Waals surface area contributed by atoms with Gasteiger partial charge in [-0.2, -0.15) is 0 Å². The molecular weight excluding hydrogens is 246 g/mol. The molecule has 0 aliphatic carbocycles. The number of nitrogens with one attached hydrogen (secondary N) is 1. The summed E-state index contributed by atoms with van der Waals surface area (Å²) in [7, 11) is 3.19. The minimum absolute atomic E-state index is 0.117. The fourth-order valence-electron chi connectivity index (χ4n) is 2.26. The van der Waals surface area contributed by atoms with Crippen molar-refractivity contribution in [3.63, 3.8) is 0 Å². The molecule has 1 N–H and O–H groups in total. The zero-order chi connectivity index (χ0) is 14.0. The predicted octanol–water partition coefficient (Wildman–Crippen LogP) is 2.51. The third-order valence-corrected chi connectivity index (χ3v) is 3.36. The molecule has 1 aliphatic heterocycles. The number of hydrogen-bond acceptors (Lipinski definition) is 4. The number of methoxy groups -OCH3 is 2. The lowest BCUT2D eigenvalue weighted by Gasteiger charge is -2.38. The summed E-state index contributed by atoms with van der Waals surface area (Å²) in [5.74, 6) is 1.32. The van der Waals surface area contributed by atoms with Crippen molar-refractivity contribution >= 4 is 6.09 Å². The van der Waals surface area contributed by atoms with Crippen LogP contribution in [0.15, 0.2) is 18.2 Å². The highest BCUT2D eigenvalue weighted by Gasteiger charge is 2.38. The van der Waals surface area contributed by atoms with Crippen LogP contribution in [0.4, 0.5) is 4.79 Å². The summed E-state index contributed by atoms with van der Waals surface area (Å²) in [6.45, 7) is 4.49. The van der Waals surface area contributed by atoms with Gasteiger partial charge in [0.2, 0.25) is 0 Å². The number of rotatable bonds is 3. The molecule has 0 aromatic heterocycles. The Hall–Kier alpha value is -1.91. The Labute approximate surface area is 112 Å². The number of amides is 1. The molecule has 0 spiro atoms. The average Bonchev–Trinajstić information content (AvgIpc) is 2.40. The zero-order valence-electron chi connectivity index (χ0n) is 11.6. The van der Waals surface area contributed by atoms with Gasteiger partial charge >= 0.3 is 6.09 Å². The molecule has 1 amide bonds. The van der Waals surface area contributed by atoms with E-state index in [1.165, 1.54) is 0 Å². The van der Waals surface area contributed by atoms with E-state index in [0.29, 0.717) is 18.1 Å². The zero-order valence-corrected chi connectivity index (χ0v) is 11.6. The number of ether oxygens (including phenoxy) is 3. The molecule has 1 aromatic rings. The van der Waals surface area contributed by atoms with Crippen molar-refractivity contribution in [3.8, 4) is 11.5 Å². The van der Waals surface area contributed by atoms with Gasteiger partial charge in [0.05, 0.1) is 20.3 Å². The number of alkyl carbamates (subject to hydrolysis) is 1. The molecule has 19 heavy (non-hydrogen) atoms. The van der Waals surface area contributed by atoms with Gasteiger partial charge in [-0.05, 0) is 17.7 Å². The molecule has 0 unspecified atom stereocenters. The smallest absolute Gasteiger partial charge is 0.407 e. The van der Waals surface area contributed by atoms with Crippen molar-refractivity contribution < 1.29 is 19.0 Å². The standard InChI is InChI=1S/C14H19NO4/c1-14(2)8-19-13(16)15-12(14)9-5-6-10(17-3)11(7-9)18-4/h5-7,12H,8H2,1-4H3,(H,15,16)/t12-/m1/s1. The highest BCUT2D eigenvalue weighted by molar-refractivity contribution is 5.69. The molecule has 2 rings (SSSR count). The first-order valence-electron chi connectivity index (χ1n) is 6.13. The first-order valence-corrected chi connectivity index (χ1v) is 6.13. The lowest BCUT2D eigenvalue weighted by molar-refractivity contribution is 0.0386. The quantitative estimate of drug-likeness (QED) is 0.912. The molecule has 1 heterocycles. The summed E-state index contributed by atoms with van der Waals surface area (Å²) in [5, 5.41) is 2.85. The predicted molar refractivity (Wildman–Crippen MR) is 70.6 cm³/mol. The highest BCUT2D eigenvalue weighted by atomic mass is 16.6. The van der Waals surface area contributed by atoms with Crippen molar-refractivity contribution in [2.45, 2.75) is 19.9 Å². The van der Waals surface area contributed by atoms with Gasteiger partial charge in [0, 0.05) is 5.41 Å². The van der Waals surface area contributed by atoms with Gasteiger partial charge in [-0.1, -0.05) is 19.9 Å². The van der Waals surface area contributed by atoms with E-state index in [2.05, 4.69) is 5.32 Å². The van der Waals surface area contributed by atoms with E-state index in [4.69, 9.17) is 14.2 Å². The van der Waals surface area contributed by atoms with E-state index >= 15 is 0 Å². The second-order valence-electron chi connectivity index (χ2n) is 5.26. The minimum Gasteiger partial charge on any atom is -0.493 e. The number of hydrogen-bond donors (Lipinski definition) is 1. The molecule has 0 radical (unpaired) electrons. The molecule has 5 nitrogen and oxygen atoms in total. The van der Waals surface area contributed by atoms with E-state index in [0.717, 1.165) is 5.56 Å². The van der Waals surface area contributed by atoms with Gasteiger partial charge < -0.3 is 19.5 Å². The first kappa shape index (κ1) is 13.5. The van der Waals surface area contributed by atoms with E-state index in [9.17, 15) is 4.79 Å². The molecule has 1 atom stereocenters. The Morgan fingerprint density at radius 3 is 2.58 bits per heavy atom. The molecule has 5 heteroatoms. The largest absolute Gasteiger partial charge is 0.493 e. The maximum absolute atomic E-state index is 11.4. The van der Waals surface area contributed by atoms with Gasteiger partial charge in [-0.15, -0.1) is 0 Å². The first-order chi connectivity index (χ1) is 8.97. The molecule has 1 aromatic carbocycles. The fraction of sp³-hybridized carbons (Fsp3) is 0.500. The lowest BCUT2D eigenvalue weighted by Crippen LogP contribution is -2.46. The third-order valence-electron chi connectivity index (χ3n) is 3.36. The monoisotopic (exact) mass is 265 g/mol. The van der Waals surface area contributed by atoms with Gasteiger partial charge in [-0.25, -0.2) is 4.79 Å². The summed E-state index contributed by atoms with van der Waals surface area (Å²) < 4.78 is 15.5. The molecule has 104 valence electrons. The Bertz CT molecular complexity index is 484. The minimum atomic E-state index is -0.390. The summed E-state index contributed by atoms with van der Waals surface area (Å²) in [4.78, 5) is 11.4. The maximum Gasteiger partial charge on any atom is 0.407 e. The molecule has 0 saturated carbocycles. The van der Waals surface area contributed by atoms with Crippen molar-refractivity contribution in [1.29, 1.82) is 0 Å². The van der Waals surface area contributed by atoms with E-state index in [1.807, 2.05) is 32.0 Å². The summed E-state index contributed by atoms with van der Waals surface area (Å²) in [6, 6.07) is 5.54. The maximum atomic E-state index is 11.4. The van der Waals surface area contributed by atoms with Crippen LogP contribution >= 0.6 is 0 Å². The molecular formula is C14H19NO4. The fourth-order valence-corrected chi connectivity index (χ4v) is 2.26. The summed E-state index contributed by atoms with van der Waals surface area (Å²) in [6.07, 6.45) is -0.390. The lowest BCUT2D eigenvalue weighted by atomic mass is 9.80. The van der Waals surface area contributed by atoms with Crippen LogP contribution in [-0.4, -0.2) is 26.9 Å². The number of cyclic esters (lactones) is 1. The van der Waals surface area contributed by atoms with E-state index in [1.54, 1.807) is 14.2 Å². The Morgan fingerprint density at radius 2 is 1.95 bits per heavy atom. The van der Waals surface area contributed by atoms with E-state index < -0.39 is 0 Å². The SMILES string of the molecule is COc1ccc([C@H]2NC(=O)OCC2(C)C)cc1OC. The van der Waals surface area contributed by atoms with Crippen LogP contribution < -0.4 is 14.8 Å². The van der Waals surface area contributed by atoms with Crippen molar-refractivity contribution in [3.05, 3.63) is 23.8 Å². The molecule has 1 aliphatic rings. The number of carbonyl (C=O) groups is 1. The number of carbonyl (C=O) groups excluding carboxylic acids is 1. The second-order valence-corrected chi connectivity index (χ2v) is 5.26. The van der Waals surface area contributed by atoms with Crippen LogP contribution in [-0.2, 0) is 4.74 Å². The topological polar surface area (TPSA) is 56.8 Å². The van der Waals surface area contributed by atoms with Crippen molar-refractivity contribution in [2.24, 2.45) is 5.41 Å². The van der Waals surface area contributed by atoms with Crippen molar-refractivity contribution in [1.82, 2.24) is 5.32 Å². The molecule has 1 fully saturated rings. The second kappa shape index (κ2) is 4.99. The molecule has 0 bridgehead atoms. The Balaban J connectivity index is 2.37. The highest BCUT2D eigenvalue weighted by Crippen LogP contribution is 2.39. The van der Waals surface area contributed by atoms with Crippen LogP contribution in [0.5, 0.6) is 11.5 Å². The van der Waals surface area contributed by atoms with Crippen LogP contribution in [0.3, 0.4) is 0 Å². The van der Waals surface area contributed by atoms with Gasteiger partial charge in [0.1, 0.15) is 6.61 Å². The molecule has 1 saturated heterocycles. The third kappa shape index (κ3) is 2.59.